The average molecular weight is 559 g/mol. The zero-order chi connectivity index (χ0) is 30.2. The molecule has 0 saturated carbocycles. The molecule has 0 aliphatic carbocycles. The first kappa shape index (κ1) is 34.8. The number of benzene rings is 1. The number of nitrogens with two attached hydrogens (primary N) is 3. The highest BCUT2D eigenvalue weighted by atomic mass is 16.2. The van der Waals surface area contributed by atoms with E-state index in [1.54, 1.807) is 7.05 Å². The Bertz CT molecular complexity index is 976. The molecular weight excluding hydrogens is 508 g/mol. The Morgan fingerprint density at radius 1 is 0.825 bits per heavy atom. The summed E-state index contributed by atoms with van der Waals surface area (Å²) in [6.45, 7) is 8.34. The van der Waals surface area contributed by atoms with Gasteiger partial charge in [0.05, 0.1) is 12.1 Å². The maximum Gasteiger partial charge on any atom is 0.224 e. The van der Waals surface area contributed by atoms with E-state index in [0.29, 0.717) is 38.6 Å². The number of likely N-dealkylation sites (N-methyl/N-ethyl adjacent to an activating group) is 1. The van der Waals surface area contributed by atoms with Crippen molar-refractivity contribution in [1.82, 2.24) is 10.6 Å². The Kier molecular flexibility index (Phi) is 15.8. The van der Waals surface area contributed by atoms with Crippen LogP contribution in [0, 0.1) is 23.7 Å². The first-order chi connectivity index (χ1) is 18.8. The number of ketones is 2. The first-order valence-electron chi connectivity index (χ1n) is 14.3. The van der Waals surface area contributed by atoms with Crippen LogP contribution in [-0.4, -0.2) is 55.0 Å². The van der Waals surface area contributed by atoms with Gasteiger partial charge in [-0.15, -0.1) is 0 Å². The van der Waals surface area contributed by atoms with Gasteiger partial charge in [-0.1, -0.05) is 58.0 Å². The third-order valence-electron chi connectivity index (χ3n) is 6.84. The van der Waals surface area contributed by atoms with Gasteiger partial charge in [0, 0.05) is 31.2 Å². The van der Waals surface area contributed by atoms with Crippen molar-refractivity contribution in [2.75, 3.05) is 13.6 Å². The summed E-state index contributed by atoms with van der Waals surface area (Å²) in [5.41, 5.74) is 17.3. The molecule has 10 heteroatoms. The molecule has 0 fully saturated rings. The van der Waals surface area contributed by atoms with Gasteiger partial charge >= 0.3 is 0 Å². The van der Waals surface area contributed by atoms with Crippen molar-refractivity contribution in [3.8, 4) is 0 Å². The van der Waals surface area contributed by atoms with E-state index in [4.69, 9.17) is 17.2 Å². The van der Waals surface area contributed by atoms with Gasteiger partial charge in [0.2, 0.25) is 11.8 Å². The number of rotatable bonds is 20. The quantitative estimate of drug-likeness (QED) is 0.0921. The number of hydrogen-bond acceptors (Lipinski definition) is 6. The zero-order valence-electron chi connectivity index (χ0n) is 24.8. The smallest absolute Gasteiger partial charge is 0.224 e. The Labute approximate surface area is 239 Å². The van der Waals surface area contributed by atoms with Crippen LogP contribution in [0.5, 0.6) is 0 Å². The molecule has 224 valence electrons. The normalized spacial score (nSPS) is 14.3. The van der Waals surface area contributed by atoms with Crippen LogP contribution in [0.15, 0.2) is 35.3 Å². The number of guanidine groups is 1. The lowest BCUT2D eigenvalue weighted by Gasteiger charge is -2.26. The SMILES string of the molecule is CN[C@@H](CCCN=C(N)N)C(=O)CC(CC(C)C)C(=O)N[C@@H](CC(C)C)C(=O)C[C@@H](Cc1ccccc1)C(N)=O. The summed E-state index contributed by atoms with van der Waals surface area (Å²) in [5.74, 6) is -2.13. The molecule has 2 amide bonds. The number of nitrogens with zero attached hydrogens (tertiary/aromatic N) is 1. The molecular formula is C30H50N6O4. The minimum atomic E-state index is -0.769. The minimum absolute atomic E-state index is 0.00807. The number of hydrogen-bond donors (Lipinski definition) is 5. The number of carbonyl (C=O) groups excluding carboxylic acids is 4. The maximum atomic E-state index is 13.5. The molecule has 1 rings (SSSR count). The molecule has 0 spiro atoms. The Morgan fingerprint density at radius 2 is 1.40 bits per heavy atom. The molecule has 1 unspecified atom stereocenters. The van der Waals surface area contributed by atoms with E-state index in [9.17, 15) is 19.2 Å². The highest BCUT2D eigenvalue weighted by Gasteiger charge is 2.31. The molecule has 0 aromatic heterocycles. The van der Waals surface area contributed by atoms with Crippen LogP contribution < -0.4 is 27.8 Å². The van der Waals surface area contributed by atoms with Crippen LogP contribution in [0.2, 0.25) is 0 Å². The van der Waals surface area contributed by atoms with Crippen molar-refractivity contribution in [3.05, 3.63) is 35.9 Å². The van der Waals surface area contributed by atoms with Crippen LogP contribution in [0.4, 0.5) is 0 Å². The van der Waals surface area contributed by atoms with Crippen molar-refractivity contribution in [2.24, 2.45) is 45.9 Å². The fourth-order valence-electron chi connectivity index (χ4n) is 4.80. The molecule has 1 aromatic carbocycles. The lowest BCUT2D eigenvalue weighted by Crippen LogP contribution is -2.47. The van der Waals surface area contributed by atoms with Gasteiger partial charge < -0.3 is 27.8 Å². The Balaban J connectivity index is 2.98. The largest absolute Gasteiger partial charge is 0.370 e. The standard InChI is InChI=1S/C30H50N6O4/c1-19(2)14-23(18-26(37)24(34-5)12-9-13-35-30(32)33)29(40)36-25(15-20(3)4)27(38)17-22(28(31)39)16-21-10-7-6-8-11-21/h6-8,10-11,19-20,22-25,34H,9,12-18H2,1-5H3,(H2,31,39)(H,36,40)(H4,32,33,35)/t22-,23?,24+,25+/m1/s1. The molecule has 0 bridgehead atoms. The van der Waals surface area contributed by atoms with Crippen LogP contribution >= 0.6 is 0 Å². The fraction of sp³-hybridized carbons (Fsp3) is 0.633. The van der Waals surface area contributed by atoms with Crippen molar-refractivity contribution >= 4 is 29.3 Å². The summed E-state index contributed by atoms with van der Waals surface area (Å²) < 4.78 is 0. The molecule has 10 nitrogen and oxygen atoms in total. The predicted octanol–water partition coefficient (Wildman–Crippen LogP) is 2.08. The Hall–Kier alpha value is -3.27. The monoisotopic (exact) mass is 558 g/mol. The van der Waals surface area contributed by atoms with Gasteiger partial charge in [0.15, 0.2) is 17.5 Å². The summed E-state index contributed by atoms with van der Waals surface area (Å²) in [6, 6.07) is 8.20. The van der Waals surface area contributed by atoms with Gasteiger partial charge in [0.1, 0.15) is 0 Å². The molecule has 1 aromatic rings. The molecule has 0 radical (unpaired) electrons. The first-order valence-corrected chi connectivity index (χ1v) is 14.3. The zero-order valence-corrected chi connectivity index (χ0v) is 24.8. The van der Waals surface area contributed by atoms with Crippen LogP contribution in [0.3, 0.4) is 0 Å². The van der Waals surface area contributed by atoms with Gasteiger partial charge in [-0.05, 0) is 56.6 Å². The summed E-state index contributed by atoms with van der Waals surface area (Å²) in [6.07, 6.45) is 2.42. The highest BCUT2D eigenvalue weighted by Crippen LogP contribution is 2.21. The summed E-state index contributed by atoms with van der Waals surface area (Å²) >= 11 is 0. The van der Waals surface area contributed by atoms with Crippen LogP contribution in [-0.2, 0) is 25.6 Å². The van der Waals surface area contributed by atoms with E-state index in [-0.39, 0.29) is 48.1 Å². The van der Waals surface area contributed by atoms with Gasteiger partial charge in [-0.3, -0.25) is 24.2 Å². The molecule has 4 atom stereocenters. The van der Waals surface area contributed by atoms with E-state index in [2.05, 4.69) is 15.6 Å². The second kappa shape index (κ2) is 18.1. The third kappa shape index (κ3) is 13.7. The highest BCUT2D eigenvalue weighted by molar-refractivity contribution is 5.94. The van der Waals surface area contributed by atoms with E-state index in [1.165, 1.54) is 0 Å². The minimum Gasteiger partial charge on any atom is -0.370 e. The number of Topliss-reactive ketones (excluding diaryl/α,β-unsaturated/α-hetero) is 2. The van der Waals surface area contributed by atoms with Gasteiger partial charge in [-0.2, -0.15) is 0 Å². The predicted molar refractivity (Wildman–Crippen MR) is 159 cm³/mol. The number of nitrogens with one attached hydrogen (secondary N) is 2. The maximum absolute atomic E-state index is 13.5. The van der Waals surface area contributed by atoms with Crippen LogP contribution in [0.25, 0.3) is 0 Å². The summed E-state index contributed by atoms with van der Waals surface area (Å²) in [5, 5.41) is 5.96. The van der Waals surface area contributed by atoms with Gasteiger partial charge in [-0.25, -0.2) is 0 Å². The summed E-state index contributed by atoms with van der Waals surface area (Å²) in [7, 11) is 1.71. The average Bonchev–Trinajstić information content (AvgIpc) is 2.87. The third-order valence-corrected chi connectivity index (χ3v) is 6.84. The molecule has 40 heavy (non-hydrogen) atoms. The number of aliphatic imine (C=N–C) groups is 1. The van der Waals surface area contributed by atoms with E-state index >= 15 is 0 Å². The number of carbonyl (C=O) groups is 4. The van der Waals surface area contributed by atoms with E-state index < -0.39 is 29.8 Å². The molecule has 0 aliphatic rings. The van der Waals surface area contributed by atoms with Crippen molar-refractivity contribution in [2.45, 2.75) is 84.7 Å². The molecule has 0 heterocycles. The summed E-state index contributed by atoms with van der Waals surface area (Å²) in [4.78, 5) is 56.2. The number of amides is 2. The van der Waals surface area contributed by atoms with E-state index in [1.807, 2.05) is 58.0 Å². The number of primary amides is 1. The van der Waals surface area contributed by atoms with Crippen molar-refractivity contribution in [3.63, 3.8) is 0 Å². The second-order valence-corrected chi connectivity index (χ2v) is 11.4. The lowest BCUT2D eigenvalue weighted by atomic mass is 9.87. The van der Waals surface area contributed by atoms with Crippen molar-refractivity contribution < 1.29 is 19.2 Å². The molecule has 8 N–H and O–H groups in total. The Morgan fingerprint density at radius 3 is 1.93 bits per heavy atom. The van der Waals surface area contributed by atoms with Crippen LogP contribution in [0.1, 0.15) is 71.8 Å². The van der Waals surface area contributed by atoms with Crippen molar-refractivity contribution in [1.29, 1.82) is 0 Å². The van der Waals surface area contributed by atoms with E-state index in [0.717, 1.165) is 5.56 Å². The topological polar surface area (TPSA) is 183 Å². The van der Waals surface area contributed by atoms with Gasteiger partial charge in [0.25, 0.3) is 0 Å². The second-order valence-electron chi connectivity index (χ2n) is 11.4. The fourth-order valence-corrected chi connectivity index (χ4v) is 4.80. The lowest BCUT2D eigenvalue weighted by molar-refractivity contribution is -0.134. The molecule has 0 aliphatic heterocycles. The molecule has 0 saturated heterocycles.